The van der Waals surface area contributed by atoms with E-state index in [1.807, 2.05) is 4.90 Å². The summed E-state index contributed by atoms with van der Waals surface area (Å²) in [6.45, 7) is 3.68. The summed E-state index contributed by atoms with van der Waals surface area (Å²) in [5, 5.41) is 0.144. The molecule has 1 aromatic heterocycles. The molecule has 1 saturated heterocycles. The molecular weight excluding hydrogens is 377 g/mol. The lowest BCUT2D eigenvalue weighted by Gasteiger charge is -2.25. The monoisotopic (exact) mass is 405 g/mol. The highest BCUT2D eigenvalue weighted by Gasteiger charge is 2.33. The first kappa shape index (κ1) is 19.9. The number of nitrogen functional groups attached to an aromatic ring is 1. The van der Waals surface area contributed by atoms with Crippen LogP contribution in [0.3, 0.4) is 0 Å². The zero-order valence-electron chi connectivity index (χ0n) is 16.9. The van der Waals surface area contributed by atoms with E-state index in [1.54, 1.807) is 18.6 Å². The number of nitrogens with zero attached hydrogens (tertiary/aromatic N) is 3. The van der Waals surface area contributed by atoms with Gasteiger partial charge in [-0.05, 0) is 44.6 Å². The van der Waals surface area contributed by atoms with Gasteiger partial charge in [0.15, 0.2) is 0 Å². The Morgan fingerprint density at radius 2 is 2.03 bits per heavy atom. The molecule has 1 saturated carbocycles. The van der Waals surface area contributed by atoms with E-state index in [0.717, 1.165) is 25.7 Å². The Labute approximate surface area is 167 Å². The second-order valence-corrected chi connectivity index (χ2v) is 8.23. The van der Waals surface area contributed by atoms with Crippen molar-refractivity contribution in [2.45, 2.75) is 44.7 Å². The molecule has 158 valence electrons. The maximum atomic E-state index is 15.2. The van der Waals surface area contributed by atoms with Crippen LogP contribution in [0.2, 0.25) is 0 Å². The Kier molecular flexibility index (Phi) is 5.12. The van der Waals surface area contributed by atoms with Crippen molar-refractivity contribution >= 4 is 16.6 Å². The number of rotatable bonds is 6. The molecule has 2 aromatic rings. The number of hydrogen-bond donors (Lipinski definition) is 2. The van der Waals surface area contributed by atoms with E-state index < -0.39 is 17.1 Å². The normalized spacial score (nSPS) is 20.6. The topological polar surface area (TPSA) is 109 Å². The average molecular weight is 405 g/mol. The summed E-state index contributed by atoms with van der Waals surface area (Å²) in [5.74, 6) is 5.45. The number of hydrogen-bond acceptors (Lipinski definition) is 6. The molecular formula is C20H28FN5O3. The Balaban J connectivity index is 1.79. The van der Waals surface area contributed by atoms with Crippen molar-refractivity contribution in [1.82, 2.24) is 9.24 Å². The SMILES string of the molecule is COCCC(N)C1CCN(c2c(F)cc3c(=O)n(N)c(=O)n(C4CC4)c3c2C)C1. The summed E-state index contributed by atoms with van der Waals surface area (Å²) in [6.07, 6.45) is 3.31. The number of aryl methyl sites for hydroxylation is 1. The van der Waals surface area contributed by atoms with E-state index >= 15 is 4.39 Å². The number of benzene rings is 1. The number of methoxy groups -OCH3 is 1. The van der Waals surface area contributed by atoms with E-state index in [9.17, 15) is 9.59 Å². The Morgan fingerprint density at radius 1 is 1.31 bits per heavy atom. The van der Waals surface area contributed by atoms with Crippen LogP contribution in [0.4, 0.5) is 10.1 Å². The zero-order chi connectivity index (χ0) is 20.9. The first-order valence-corrected chi connectivity index (χ1v) is 10.1. The van der Waals surface area contributed by atoms with Gasteiger partial charge in [0.25, 0.3) is 5.56 Å². The fourth-order valence-electron chi connectivity index (χ4n) is 4.55. The molecule has 2 fully saturated rings. The highest BCUT2D eigenvalue weighted by atomic mass is 19.1. The van der Waals surface area contributed by atoms with Gasteiger partial charge in [0, 0.05) is 44.5 Å². The first-order chi connectivity index (χ1) is 13.8. The largest absolute Gasteiger partial charge is 0.385 e. The molecule has 2 heterocycles. The third-order valence-corrected chi connectivity index (χ3v) is 6.28. The van der Waals surface area contributed by atoms with E-state index in [0.29, 0.717) is 41.1 Å². The van der Waals surface area contributed by atoms with Gasteiger partial charge in [-0.1, -0.05) is 0 Å². The molecule has 4 N–H and O–H groups in total. The summed E-state index contributed by atoms with van der Waals surface area (Å²) < 4.78 is 22.4. The lowest BCUT2D eigenvalue weighted by atomic mass is 9.97. The Hall–Kier alpha value is -2.39. The van der Waals surface area contributed by atoms with Gasteiger partial charge in [-0.15, -0.1) is 0 Å². The van der Waals surface area contributed by atoms with Gasteiger partial charge < -0.3 is 21.2 Å². The molecule has 9 heteroatoms. The molecule has 2 unspecified atom stereocenters. The number of anilines is 1. The molecule has 1 aromatic carbocycles. The van der Waals surface area contributed by atoms with Crippen LogP contribution in [0, 0.1) is 18.7 Å². The van der Waals surface area contributed by atoms with Crippen molar-refractivity contribution in [3.63, 3.8) is 0 Å². The molecule has 1 aliphatic carbocycles. The van der Waals surface area contributed by atoms with Crippen molar-refractivity contribution in [2.24, 2.45) is 11.7 Å². The smallest absolute Gasteiger partial charge is 0.350 e. The van der Waals surface area contributed by atoms with Gasteiger partial charge in [0.2, 0.25) is 0 Å². The van der Waals surface area contributed by atoms with Gasteiger partial charge in [-0.3, -0.25) is 9.36 Å². The molecule has 29 heavy (non-hydrogen) atoms. The average Bonchev–Trinajstić information content (AvgIpc) is 3.42. The molecule has 0 spiro atoms. The summed E-state index contributed by atoms with van der Waals surface area (Å²) in [4.78, 5) is 27.2. The van der Waals surface area contributed by atoms with Gasteiger partial charge in [0.05, 0.1) is 16.6 Å². The summed E-state index contributed by atoms with van der Waals surface area (Å²) in [5.41, 5.74) is 6.62. The Morgan fingerprint density at radius 3 is 2.69 bits per heavy atom. The van der Waals surface area contributed by atoms with E-state index in [-0.39, 0.29) is 23.4 Å². The van der Waals surface area contributed by atoms with E-state index in [1.165, 1.54) is 6.07 Å². The van der Waals surface area contributed by atoms with Gasteiger partial charge in [-0.25, -0.2) is 9.18 Å². The van der Waals surface area contributed by atoms with Crippen molar-refractivity contribution in [2.75, 3.05) is 37.5 Å². The second kappa shape index (κ2) is 7.46. The van der Waals surface area contributed by atoms with Crippen LogP contribution in [0.25, 0.3) is 10.9 Å². The van der Waals surface area contributed by atoms with Crippen LogP contribution < -0.4 is 27.7 Å². The van der Waals surface area contributed by atoms with Crippen molar-refractivity contribution in [3.05, 3.63) is 38.3 Å². The third kappa shape index (κ3) is 3.32. The molecule has 0 amide bonds. The van der Waals surface area contributed by atoms with E-state index in [2.05, 4.69) is 0 Å². The number of halogens is 1. The third-order valence-electron chi connectivity index (χ3n) is 6.28. The molecule has 8 nitrogen and oxygen atoms in total. The van der Waals surface area contributed by atoms with E-state index in [4.69, 9.17) is 16.3 Å². The molecule has 2 atom stereocenters. The maximum absolute atomic E-state index is 15.2. The number of fused-ring (bicyclic) bond motifs is 1. The fraction of sp³-hybridized carbons (Fsp3) is 0.600. The van der Waals surface area contributed by atoms with Crippen molar-refractivity contribution in [3.8, 4) is 0 Å². The summed E-state index contributed by atoms with van der Waals surface area (Å²) >= 11 is 0. The molecule has 4 rings (SSSR count). The first-order valence-electron chi connectivity index (χ1n) is 10.1. The van der Waals surface area contributed by atoms with Crippen LogP contribution in [0.15, 0.2) is 15.7 Å². The number of ether oxygens (including phenoxy) is 1. The van der Waals surface area contributed by atoms with Gasteiger partial charge in [0.1, 0.15) is 5.82 Å². The lowest BCUT2D eigenvalue weighted by Crippen LogP contribution is -2.44. The zero-order valence-corrected chi connectivity index (χ0v) is 16.9. The van der Waals surface area contributed by atoms with Crippen LogP contribution in [0.5, 0.6) is 0 Å². The quantitative estimate of drug-likeness (QED) is 0.690. The predicted molar refractivity (Wildman–Crippen MR) is 110 cm³/mol. The highest BCUT2D eigenvalue weighted by Crippen LogP contribution is 2.39. The van der Waals surface area contributed by atoms with Crippen LogP contribution in [0.1, 0.15) is 37.3 Å². The summed E-state index contributed by atoms with van der Waals surface area (Å²) in [6, 6.07) is 1.21. The van der Waals surface area contributed by atoms with Crippen LogP contribution >= 0.6 is 0 Å². The lowest BCUT2D eigenvalue weighted by molar-refractivity contribution is 0.180. The fourth-order valence-corrected chi connectivity index (χ4v) is 4.55. The minimum Gasteiger partial charge on any atom is -0.385 e. The van der Waals surface area contributed by atoms with Crippen molar-refractivity contribution < 1.29 is 9.13 Å². The van der Waals surface area contributed by atoms with Gasteiger partial charge in [-0.2, -0.15) is 4.68 Å². The summed E-state index contributed by atoms with van der Waals surface area (Å²) in [7, 11) is 1.65. The minimum absolute atomic E-state index is 0.00574. The molecule has 0 radical (unpaired) electrons. The molecule has 2 aliphatic rings. The molecule has 1 aliphatic heterocycles. The second-order valence-electron chi connectivity index (χ2n) is 8.23. The van der Waals surface area contributed by atoms with Crippen LogP contribution in [-0.2, 0) is 4.74 Å². The highest BCUT2D eigenvalue weighted by molar-refractivity contribution is 5.87. The van der Waals surface area contributed by atoms with Gasteiger partial charge >= 0.3 is 5.69 Å². The maximum Gasteiger partial charge on any atom is 0.350 e. The Bertz CT molecular complexity index is 1060. The predicted octanol–water partition coefficient (Wildman–Crippen LogP) is 0.850. The minimum atomic E-state index is -0.670. The standard InChI is InChI=1S/C20H28FN5O3/c1-11-17-14(19(27)26(23)20(28)25(17)13-3-4-13)9-15(21)18(11)24-7-5-12(10-24)16(22)6-8-29-2/h9,12-13,16H,3-8,10,22-23H2,1-2H3. The van der Waals surface area contributed by atoms with Crippen molar-refractivity contribution in [1.29, 1.82) is 0 Å². The molecule has 0 bridgehead atoms. The number of aromatic nitrogens is 2. The number of nitrogens with two attached hydrogens (primary N) is 2. The van der Waals surface area contributed by atoms with Crippen LogP contribution in [-0.4, -0.2) is 42.1 Å².